The smallest absolute Gasteiger partial charge is 0.314 e. The standard InChI is InChI=1S/C20H26O7/c1-11(2)8-9-27-13-6-4-12(5-7-13)15-16(18(22)23)14(21)10-20(3,26)17(15)19(24)25/h4-7,11,15-17,26H,8-10H2,1-3H3,(H,22,23)(H,24,25). The van der Waals surface area contributed by atoms with E-state index in [4.69, 9.17) is 4.74 Å². The van der Waals surface area contributed by atoms with E-state index < -0.39 is 47.5 Å². The number of aliphatic hydroxyl groups is 1. The summed E-state index contributed by atoms with van der Waals surface area (Å²) < 4.78 is 5.62. The second-order valence-electron chi connectivity index (χ2n) is 7.76. The molecule has 0 heterocycles. The number of hydrogen-bond acceptors (Lipinski definition) is 5. The fraction of sp³-hybridized carbons (Fsp3) is 0.550. The zero-order valence-electron chi connectivity index (χ0n) is 15.7. The van der Waals surface area contributed by atoms with Crippen molar-refractivity contribution in [1.29, 1.82) is 0 Å². The number of carbonyl (C=O) groups excluding carboxylic acids is 1. The molecule has 4 unspecified atom stereocenters. The number of Topliss-reactive ketones (excluding diaryl/α,β-unsaturated/α-hetero) is 1. The van der Waals surface area contributed by atoms with Gasteiger partial charge in [-0.3, -0.25) is 14.4 Å². The molecule has 4 atom stereocenters. The number of ketones is 1. The van der Waals surface area contributed by atoms with Crippen molar-refractivity contribution < 1.29 is 34.4 Å². The van der Waals surface area contributed by atoms with Crippen LogP contribution in [-0.2, 0) is 14.4 Å². The van der Waals surface area contributed by atoms with Gasteiger partial charge in [-0.1, -0.05) is 26.0 Å². The van der Waals surface area contributed by atoms with Crippen LogP contribution in [0.5, 0.6) is 5.75 Å². The summed E-state index contributed by atoms with van der Waals surface area (Å²) in [6.07, 6.45) is 0.373. The van der Waals surface area contributed by atoms with Gasteiger partial charge in [-0.05, 0) is 37.0 Å². The van der Waals surface area contributed by atoms with Crippen LogP contribution in [0.25, 0.3) is 0 Å². The Kier molecular flexibility index (Phi) is 6.26. The van der Waals surface area contributed by atoms with Gasteiger partial charge in [0.25, 0.3) is 0 Å². The third kappa shape index (κ3) is 4.66. The minimum Gasteiger partial charge on any atom is -0.494 e. The van der Waals surface area contributed by atoms with Gasteiger partial charge < -0.3 is 20.1 Å². The molecule has 0 amide bonds. The lowest BCUT2D eigenvalue weighted by molar-refractivity contribution is -0.167. The van der Waals surface area contributed by atoms with Crippen molar-refractivity contribution in [2.75, 3.05) is 6.61 Å². The third-order valence-corrected chi connectivity index (χ3v) is 5.03. The fourth-order valence-electron chi connectivity index (χ4n) is 3.65. The molecule has 1 aromatic rings. The summed E-state index contributed by atoms with van der Waals surface area (Å²) in [5.41, 5.74) is -1.45. The molecule has 0 spiro atoms. The third-order valence-electron chi connectivity index (χ3n) is 5.03. The van der Waals surface area contributed by atoms with Crippen LogP contribution in [0, 0.1) is 17.8 Å². The van der Waals surface area contributed by atoms with E-state index in [9.17, 15) is 29.7 Å². The second kappa shape index (κ2) is 8.08. The lowest BCUT2D eigenvalue weighted by atomic mass is 9.62. The average Bonchev–Trinajstić information content (AvgIpc) is 2.52. The molecule has 148 valence electrons. The Hall–Kier alpha value is -2.41. The largest absolute Gasteiger partial charge is 0.494 e. The van der Waals surface area contributed by atoms with Crippen molar-refractivity contribution in [3.8, 4) is 5.75 Å². The Balaban J connectivity index is 2.35. The van der Waals surface area contributed by atoms with Gasteiger partial charge in [-0.25, -0.2) is 0 Å². The van der Waals surface area contributed by atoms with Gasteiger partial charge in [0.15, 0.2) is 5.78 Å². The minimum absolute atomic E-state index is 0.374. The first-order valence-electron chi connectivity index (χ1n) is 8.98. The summed E-state index contributed by atoms with van der Waals surface area (Å²) in [4.78, 5) is 35.8. The van der Waals surface area contributed by atoms with Gasteiger partial charge in [0, 0.05) is 12.3 Å². The van der Waals surface area contributed by atoms with Crippen molar-refractivity contribution >= 4 is 17.7 Å². The number of rotatable bonds is 7. The normalized spacial score (nSPS) is 28.2. The number of ether oxygens (including phenoxy) is 1. The molecule has 1 saturated carbocycles. The second-order valence-corrected chi connectivity index (χ2v) is 7.76. The van der Waals surface area contributed by atoms with E-state index in [0.717, 1.165) is 6.42 Å². The summed E-state index contributed by atoms with van der Waals surface area (Å²) in [6, 6.07) is 6.38. The predicted molar refractivity (Wildman–Crippen MR) is 96.6 cm³/mol. The molecule has 2 rings (SSSR count). The number of aliphatic carboxylic acids is 2. The number of carbonyl (C=O) groups is 3. The molecule has 27 heavy (non-hydrogen) atoms. The molecule has 1 fully saturated rings. The summed E-state index contributed by atoms with van der Waals surface area (Å²) in [5.74, 6) is -6.42. The average molecular weight is 378 g/mol. The van der Waals surface area contributed by atoms with Gasteiger partial charge in [0.1, 0.15) is 11.7 Å². The Morgan fingerprint density at radius 1 is 1.19 bits per heavy atom. The molecule has 0 radical (unpaired) electrons. The van der Waals surface area contributed by atoms with Crippen molar-refractivity contribution in [2.45, 2.75) is 45.1 Å². The minimum atomic E-state index is -1.83. The number of carboxylic acid groups (broad SMARTS) is 2. The Bertz CT molecular complexity index is 706. The highest BCUT2D eigenvalue weighted by atomic mass is 16.5. The van der Waals surface area contributed by atoms with E-state index in [1.54, 1.807) is 24.3 Å². The van der Waals surface area contributed by atoms with E-state index >= 15 is 0 Å². The number of carboxylic acids is 2. The van der Waals surface area contributed by atoms with Crippen molar-refractivity contribution in [2.24, 2.45) is 17.8 Å². The first-order chi connectivity index (χ1) is 12.5. The molecule has 7 nitrogen and oxygen atoms in total. The highest BCUT2D eigenvalue weighted by molar-refractivity contribution is 6.02. The van der Waals surface area contributed by atoms with E-state index in [2.05, 4.69) is 13.8 Å². The number of hydrogen-bond donors (Lipinski definition) is 3. The highest BCUT2D eigenvalue weighted by Crippen LogP contribution is 2.46. The molecule has 0 aliphatic heterocycles. The monoisotopic (exact) mass is 378 g/mol. The van der Waals surface area contributed by atoms with Crippen LogP contribution >= 0.6 is 0 Å². The van der Waals surface area contributed by atoms with Crippen LogP contribution in [-0.4, -0.2) is 45.2 Å². The molecule has 0 aromatic heterocycles. The van der Waals surface area contributed by atoms with Gasteiger partial charge in [-0.2, -0.15) is 0 Å². The van der Waals surface area contributed by atoms with Crippen molar-refractivity contribution in [1.82, 2.24) is 0 Å². The van der Waals surface area contributed by atoms with Crippen LogP contribution in [0.15, 0.2) is 24.3 Å². The van der Waals surface area contributed by atoms with Crippen molar-refractivity contribution in [3.63, 3.8) is 0 Å². The first kappa shape index (κ1) is 20.9. The van der Waals surface area contributed by atoms with Crippen LogP contribution < -0.4 is 4.74 Å². The molecule has 0 bridgehead atoms. The highest BCUT2D eigenvalue weighted by Gasteiger charge is 2.56. The van der Waals surface area contributed by atoms with E-state index in [0.29, 0.717) is 23.8 Å². The summed E-state index contributed by atoms with van der Waals surface area (Å²) >= 11 is 0. The molecular formula is C20H26O7. The first-order valence-corrected chi connectivity index (χ1v) is 8.98. The van der Waals surface area contributed by atoms with Crippen LogP contribution in [0.2, 0.25) is 0 Å². The van der Waals surface area contributed by atoms with Crippen LogP contribution in [0.1, 0.15) is 45.1 Å². The maximum absolute atomic E-state index is 12.3. The molecular weight excluding hydrogens is 352 g/mol. The fourth-order valence-corrected chi connectivity index (χ4v) is 3.65. The SMILES string of the molecule is CC(C)CCOc1ccc(C2C(C(=O)O)C(=O)CC(C)(O)C2C(=O)O)cc1. The molecule has 3 N–H and O–H groups in total. The Morgan fingerprint density at radius 2 is 1.78 bits per heavy atom. The molecule has 7 heteroatoms. The van der Waals surface area contributed by atoms with Gasteiger partial charge in [0.2, 0.25) is 0 Å². The van der Waals surface area contributed by atoms with Gasteiger partial charge >= 0.3 is 11.9 Å². The zero-order valence-corrected chi connectivity index (χ0v) is 15.7. The van der Waals surface area contributed by atoms with E-state index in [1.165, 1.54) is 6.92 Å². The molecule has 1 aliphatic rings. The number of benzene rings is 1. The Morgan fingerprint density at radius 3 is 2.26 bits per heavy atom. The lowest BCUT2D eigenvalue weighted by Crippen LogP contribution is -2.54. The maximum Gasteiger partial charge on any atom is 0.314 e. The summed E-state index contributed by atoms with van der Waals surface area (Å²) in [5, 5.41) is 29.6. The van der Waals surface area contributed by atoms with Crippen LogP contribution in [0.3, 0.4) is 0 Å². The van der Waals surface area contributed by atoms with Gasteiger partial charge in [0.05, 0.1) is 18.1 Å². The lowest BCUT2D eigenvalue weighted by Gasteiger charge is -2.42. The summed E-state index contributed by atoms with van der Waals surface area (Å²) in [7, 11) is 0. The summed E-state index contributed by atoms with van der Waals surface area (Å²) in [6.45, 7) is 5.95. The van der Waals surface area contributed by atoms with Crippen molar-refractivity contribution in [3.05, 3.63) is 29.8 Å². The van der Waals surface area contributed by atoms with E-state index in [-0.39, 0.29) is 0 Å². The molecule has 1 aromatic carbocycles. The van der Waals surface area contributed by atoms with Gasteiger partial charge in [-0.15, -0.1) is 0 Å². The Labute approximate surface area is 158 Å². The molecule has 1 aliphatic carbocycles. The maximum atomic E-state index is 12.3. The topological polar surface area (TPSA) is 121 Å². The quantitative estimate of drug-likeness (QED) is 0.623. The zero-order chi connectivity index (χ0) is 20.4. The predicted octanol–water partition coefficient (Wildman–Crippen LogP) is 2.32. The molecule has 0 saturated heterocycles. The van der Waals surface area contributed by atoms with E-state index in [1.807, 2.05) is 0 Å². The van der Waals surface area contributed by atoms with Crippen LogP contribution in [0.4, 0.5) is 0 Å².